The van der Waals surface area contributed by atoms with Gasteiger partial charge in [-0.15, -0.1) is 0 Å². The number of benzene rings is 2. The van der Waals surface area contributed by atoms with Gasteiger partial charge in [0.05, 0.1) is 7.11 Å². The third-order valence-electron chi connectivity index (χ3n) is 3.73. The Balaban J connectivity index is 1.99. The minimum absolute atomic E-state index is 0.950. The molecule has 0 aromatic heterocycles. The highest BCUT2D eigenvalue weighted by Gasteiger charge is 2.12. The Hall–Kier alpha value is -2.02. The molecule has 1 nitrogen and oxygen atoms in total. The highest BCUT2D eigenvalue weighted by atomic mass is 16.5. The van der Waals surface area contributed by atoms with Gasteiger partial charge in [-0.1, -0.05) is 42.0 Å². The van der Waals surface area contributed by atoms with E-state index < -0.39 is 0 Å². The van der Waals surface area contributed by atoms with Crippen LogP contribution in [-0.2, 0) is 6.42 Å². The molecule has 1 heteroatoms. The Bertz CT molecular complexity index is 638. The summed E-state index contributed by atoms with van der Waals surface area (Å²) in [5.41, 5.74) is 6.81. The molecule has 0 N–H and O–H groups in total. The molecule has 2 aromatic carbocycles. The molecule has 3 rings (SSSR count). The van der Waals surface area contributed by atoms with Crippen molar-refractivity contribution >= 4 is 11.6 Å². The number of ether oxygens (including phenoxy) is 1. The molecule has 0 atom stereocenters. The van der Waals surface area contributed by atoms with E-state index >= 15 is 0 Å². The van der Waals surface area contributed by atoms with Crippen molar-refractivity contribution in [1.82, 2.24) is 0 Å². The van der Waals surface area contributed by atoms with Crippen LogP contribution in [0.15, 0.2) is 42.5 Å². The van der Waals surface area contributed by atoms with E-state index in [1.165, 1.54) is 27.8 Å². The van der Waals surface area contributed by atoms with E-state index in [1.54, 1.807) is 7.11 Å². The van der Waals surface area contributed by atoms with Gasteiger partial charge in [-0.05, 0) is 54.2 Å². The molecule has 0 unspecified atom stereocenters. The summed E-state index contributed by atoms with van der Waals surface area (Å²) in [6, 6.07) is 15.1. The number of hydrogen-bond donors (Lipinski definition) is 0. The zero-order valence-corrected chi connectivity index (χ0v) is 11.4. The normalized spacial score (nSPS) is 13.7. The first-order chi connectivity index (χ1) is 9.26. The summed E-state index contributed by atoms with van der Waals surface area (Å²) < 4.78 is 5.29. The Morgan fingerprint density at radius 1 is 1.00 bits per heavy atom. The van der Waals surface area contributed by atoms with Crippen LogP contribution in [0.4, 0.5) is 0 Å². The van der Waals surface area contributed by atoms with E-state index in [2.05, 4.69) is 49.4 Å². The first-order valence-electron chi connectivity index (χ1n) is 6.71. The Kier molecular flexibility index (Phi) is 3.12. The summed E-state index contributed by atoms with van der Waals surface area (Å²) in [5.74, 6) is 0.950. The van der Waals surface area contributed by atoms with Crippen molar-refractivity contribution in [3.63, 3.8) is 0 Å². The van der Waals surface area contributed by atoms with E-state index in [9.17, 15) is 0 Å². The van der Waals surface area contributed by atoms with Crippen molar-refractivity contribution in [2.24, 2.45) is 0 Å². The summed E-state index contributed by atoms with van der Waals surface area (Å²) in [6.07, 6.45) is 4.50. The fourth-order valence-corrected chi connectivity index (χ4v) is 2.67. The van der Waals surface area contributed by atoms with Crippen molar-refractivity contribution in [1.29, 1.82) is 0 Å². The maximum atomic E-state index is 5.29. The fourth-order valence-electron chi connectivity index (χ4n) is 2.67. The van der Waals surface area contributed by atoms with Crippen LogP contribution < -0.4 is 4.74 Å². The summed E-state index contributed by atoms with van der Waals surface area (Å²) in [4.78, 5) is 0. The Morgan fingerprint density at radius 2 is 1.89 bits per heavy atom. The van der Waals surface area contributed by atoms with Crippen LogP contribution in [0.5, 0.6) is 5.75 Å². The molecule has 0 fully saturated rings. The van der Waals surface area contributed by atoms with Crippen molar-refractivity contribution in [3.8, 4) is 5.75 Å². The minimum atomic E-state index is 0.950. The molecule has 0 amide bonds. The summed E-state index contributed by atoms with van der Waals surface area (Å²) in [6.45, 7) is 2.14. The maximum absolute atomic E-state index is 5.29. The predicted molar refractivity (Wildman–Crippen MR) is 80.4 cm³/mol. The smallest absolute Gasteiger partial charge is 0.119 e. The lowest BCUT2D eigenvalue weighted by Gasteiger charge is -2.18. The predicted octanol–water partition coefficient (Wildman–Crippen LogP) is 4.49. The second-order valence-corrected chi connectivity index (χ2v) is 5.10. The second-order valence-electron chi connectivity index (χ2n) is 5.10. The van der Waals surface area contributed by atoms with Gasteiger partial charge in [-0.25, -0.2) is 0 Å². The topological polar surface area (TPSA) is 9.23 Å². The molecule has 0 bridgehead atoms. The zero-order valence-electron chi connectivity index (χ0n) is 11.4. The average molecular weight is 250 g/mol. The molecule has 0 saturated carbocycles. The molecule has 0 heterocycles. The molecule has 1 aliphatic rings. The van der Waals surface area contributed by atoms with Gasteiger partial charge in [0, 0.05) is 0 Å². The summed E-state index contributed by atoms with van der Waals surface area (Å²) >= 11 is 0. The van der Waals surface area contributed by atoms with Crippen LogP contribution in [0.3, 0.4) is 0 Å². The molecule has 0 saturated heterocycles. The van der Waals surface area contributed by atoms with E-state index in [1.807, 2.05) is 6.07 Å². The van der Waals surface area contributed by atoms with Crippen LogP contribution in [0.2, 0.25) is 0 Å². The number of methoxy groups -OCH3 is 1. The minimum Gasteiger partial charge on any atom is -0.497 e. The van der Waals surface area contributed by atoms with Crippen molar-refractivity contribution in [2.45, 2.75) is 19.8 Å². The van der Waals surface area contributed by atoms with Gasteiger partial charge in [-0.2, -0.15) is 0 Å². The van der Waals surface area contributed by atoms with Gasteiger partial charge in [-0.3, -0.25) is 0 Å². The molecular weight excluding hydrogens is 232 g/mol. The Morgan fingerprint density at radius 3 is 2.68 bits per heavy atom. The first-order valence-corrected chi connectivity index (χ1v) is 6.71. The molecule has 0 radical (unpaired) electrons. The number of rotatable bonds is 2. The van der Waals surface area contributed by atoms with Gasteiger partial charge in [0.1, 0.15) is 5.75 Å². The fraction of sp³-hybridized carbons (Fsp3) is 0.222. The SMILES string of the molecule is COc1ccc2c(c1)CCC(c1cccc(C)c1)=C2. The number of hydrogen-bond acceptors (Lipinski definition) is 1. The quantitative estimate of drug-likeness (QED) is 0.763. The van der Waals surface area contributed by atoms with Crippen LogP contribution >= 0.6 is 0 Å². The number of fused-ring (bicyclic) bond motifs is 1. The molecule has 19 heavy (non-hydrogen) atoms. The lowest BCUT2D eigenvalue weighted by atomic mass is 9.88. The molecular formula is C18H18O. The van der Waals surface area contributed by atoms with Crippen molar-refractivity contribution < 1.29 is 4.74 Å². The average Bonchev–Trinajstić information content (AvgIpc) is 2.46. The van der Waals surface area contributed by atoms with E-state index in [4.69, 9.17) is 4.74 Å². The van der Waals surface area contributed by atoms with Gasteiger partial charge >= 0.3 is 0 Å². The van der Waals surface area contributed by atoms with Crippen LogP contribution in [-0.4, -0.2) is 7.11 Å². The van der Waals surface area contributed by atoms with E-state index in [0.29, 0.717) is 0 Å². The van der Waals surface area contributed by atoms with Crippen molar-refractivity contribution in [3.05, 3.63) is 64.7 Å². The molecule has 1 aliphatic carbocycles. The molecule has 96 valence electrons. The van der Waals surface area contributed by atoms with Gasteiger partial charge in [0.15, 0.2) is 0 Å². The number of allylic oxidation sites excluding steroid dienone is 1. The third-order valence-corrected chi connectivity index (χ3v) is 3.73. The van der Waals surface area contributed by atoms with E-state index in [-0.39, 0.29) is 0 Å². The lowest BCUT2D eigenvalue weighted by molar-refractivity contribution is 0.414. The van der Waals surface area contributed by atoms with Gasteiger partial charge < -0.3 is 4.74 Å². The second kappa shape index (κ2) is 4.93. The van der Waals surface area contributed by atoms with Crippen LogP contribution in [0, 0.1) is 6.92 Å². The highest BCUT2D eigenvalue weighted by Crippen LogP contribution is 2.32. The monoisotopic (exact) mass is 250 g/mol. The van der Waals surface area contributed by atoms with Crippen LogP contribution in [0.25, 0.3) is 11.6 Å². The largest absolute Gasteiger partial charge is 0.497 e. The van der Waals surface area contributed by atoms with Gasteiger partial charge in [0.2, 0.25) is 0 Å². The van der Waals surface area contributed by atoms with E-state index in [0.717, 1.165) is 18.6 Å². The number of aryl methyl sites for hydroxylation is 2. The summed E-state index contributed by atoms with van der Waals surface area (Å²) in [7, 11) is 1.72. The zero-order chi connectivity index (χ0) is 13.2. The first kappa shape index (κ1) is 12.0. The van der Waals surface area contributed by atoms with Crippen LogP contribution in [0.1, 0.15) is 28.7 Å². The van der Waals surface area contributed by atoms with Gasteiger partial charge in [0.25, 0.3) is 0 Å². The highest BCUT2D eigenvalue weighted by molar-refractivity contribution is 5.84. The third kappa shape index (κ3) is 2.41. The lowest BCUT2D eigenvalue weighted by Crippen LogP contribution is -2.00. The Labute approximate surface area is 114 Å². The molecule has 2 aromatic rings. The maximum Gasteiger partial charge on any atom is 0.119 e. The summed E-state index contributed by atoms with van der Waals surface area (Å²) in [5, 5.41) is 0. The van der Waals surface area contributed by atoms with Crippen molar-refractivity contribution in [2.75, 3.05) is 7.11 Å². The molecule has 0 spiro atoms. The molecule has 0 aliphatic heterocycles. The standard InChI is InChI=1S/C18H18O/c1-13-4-3-5-14(10-13)15-6-7-17-12-18(19-2)9-8-16(17)11-15/h3-5,8-12H,6-7H2,1-2H3.